The number of phenols is 1. The summed E-state index contributed by atoms with van der Waals surface area (Å²) in [4.78, 5) is 28.4. The van der Waals surface area contributed by atoms with Crippen LogP contribution in [0.5, 0.6) is 5.75 Å². The Labute approximate surface area is 151 Å². The highest BCUT2D eigenvalue weighted by Crippen LogP contribution is 2.15. The number of halogens is 1. The average Bonchev–Trinajstić information content (AvgIpc) is 2.63. The van der Waals surface area contributed by atoms with E-state index >= 15 is 0 Å². The number of nitrogens with zero attached hydrogens (tertiary/aromatic N) is 2. The molecule has 1 saturated heterocycles. The molecule has 130 valence electrons. The predicted octanol–water partition coefficient (Wildman–Crippen LogP) is 2.57. The Hall–Kier alpha value is -2.53. The number of aromatic hydroxyl groups is 1. The van der Waals surface area contributed by atoms with Crippen molar-refractivity contribution >= 4 is 23.4 Å². The highest BCUT2D eigenvalue weighted by Gasteiger charge is 2.24. The van der Waals surface area contributed by atoms with Crippen LogP contribution >= 0.6 is 11.6 Å². The van der Waals surface area contributed by atoms with Crippen LogP contribution in [0.2, 0.25) is 5.02 Å². The molecule has 0 atom stereocenters. The number of carbonyl (C=O) groups excluding carboxylic acids is 2. The molecule has 2 aromatic rings. The fourth-order valence-corrected chi connectivity index (χ4v) is 3.05. The summed E-state index contributed by atoms with van der Waals surface area (Å²) in [5.74, 6) is 0.151. The first-order valence-corrected chi connectivity index (χ1v) is 8.51. The number of rotatable bonds is 3. The largest absolute Gasteiger partial charge is 0.508 e. The number of carbonyl (C=O) groups is 2. The van der Waals surface area contributed by atoms with Crippen molar-refractivity contribution in [3.8, 4) is 5.75 Å². The zero-order valence-electron chi connectivity index (χ0n) is 13.7. The third-order valence-electron chi connectivity index (χ3n) is 4.28. The standard InChI is InChI=1S/C19H19ClN2O3/c20-16-3-1-2-15(13-16)19(25)22-10-8-21(9-11-22)18(24)12-14-4-6-17(23)7-5-14/h1-7,13,23H,8-12H2. The van der Waals surface area contributed by atoms with Crippen LogP contribution in [0.15, 0.2) is 48.5 Å². The van der Waals surface area contributed by atoms with Crippen molar-refractivity contribution in [1.29, 1.82) is 0 Å². The number of amides is 2. The second-order valence-corrected chi connectivity index (χ2v) is 6.46. The molecule has 1 fully saturated rings. The molecule has 0 radical (unpaired) electrons. The lowest BCUT2D eigenvalue weighted by Gasteiger charge is -2.35. The molecule has 0 aromatic heterocycles. The summed E-state index contributed by atoms with van der Waals surface area (Å²) in [5.41, 5.74) is 1.43. The molecular formula is C19H19ClN2O3. The van der Waals surface area contributed by atoms with Gasteiger partial charge in [0.1, 0.15) is 5.75 Å². The van der Waals surface area contributed by atoms with Crippen LogP contribution in [0, 0.1) is 0 Å². The predicted molar refractivity (Wildman–Crippen MR) is 95.7 cm³/mol. The topological polar surface area (TPSA) is 60.9 Å². The van der Waals surface area contributed by atoms with Crippen LogP contribution in [-0.2, 0) is 11.2 Å². The summed E-state index contributed by atoms with van der Waals surface area (Å²) in [6.07, 6.45) is 0.294. The lowest BCUT2D eigenvalue weighted by Crippen LogP contribution is -2.51. The maximum atomic E-state index is 12.5. The summed E-state index contributed by atoms with van der Waals surface area (Å²) >= 11 is 5.94. The SMILES string of the molecule is O=C(Cc1ccc(O)cc1)N1CCN(C(=O)c2cccc(Cl)c2)CC1. The first-order valence-electron chi connectivity index (χ1n) is 8.13. The maximum Gasteiger partial charge on any atom is 0.254 e. The van der Waals surface area contributed by atoms with E-state index in [9.17, 15) is 14.7 Å². The molecule has 0 aliphatic carbocycles. The molecular weight excluding hydrogens is 340 g/mol. The molecule has 2 aromatic carbocycles. The van der Waals surface area contributed by atoms with E-state index in [4.69, 9.17) is 11.6 Å². The molecule has 1 aliphatic heterocycles. The fourth-order valence-electron chi connectivity index (χ4n) is 2.86. The highest BCUT2D eigenvalue weighted by molar-refractivity contribution is 6.30. The van der Waals surface area contributed by atoms with Crippen molar-refractivity contribution < 1.29 is 14.7 Å². The molecule has 0 unspecified atom stereocenters. The minimum atomic E-state index is -0.0619. The van der Waals surface area contributed by atoms with Gasteiger partial charge in [-0.1, -0.05) is 29.8 Å². The van der Waals surface area contributed by atoms with Crippen molar-refractivity contribution in [2.75, 3.05) is 26.2 Å². The average molecular weight is 359 g/mol. The van der Waals surface area contributed by atoms with E-state index in [1.807, 2.05) is 0 Å². The van der Waals surface area contributed by atoms with E-state index in [2.05, 4.69) is 0 Å². The fraction of sp³-hybridized carbons (Fsp3) is 0.263. The van der Waals surface area contributed by atoms with Crippen LogP contribution < -0.4 is 0 Å². The van der Waals surface area contributed by atoms with Crippen molar-refractivity contribution in [3.05, 3.63) is 64.7 Å². The van der Waals surface area contributed by atoms with Crippen LogP contribution in [0.1, 0.15) is 15.9 Å². The van der Waals surface area contributed by atoms with Gasteiger partial charge in [-0.25, -0.2) is 0 Å². The molecule has 25 heavy (non-hydrogen) atoms. The lowest BCUT2D eigenvalue weighted by molar-refractivity contribution is -0.131. The Bertz CT molecular complexity index is 768. The van der Waals surface area contributed by atoms with E-state index in [0.29, 0.717) is 43.2 Å². The van der Waals surface area contributed by atoms with Gasteiger partial charge in [-0.3, -0.25) is 9.59 Å². The Kier molecular flexibility index (Phi) is 5.24. The van der Waals surface area contributed by atoms with Gasteiger partial charge < -0.3 is 14.9 Å². The Balaban J connectivity index is 1.55. The van der Waals surface area contributed by atoms with E-state index < -0.39 is 0 Å². The van der Waals surface area contributed by atoms with Gasteiger partial charge in [0.15, 0.2) is 0 Å². The van der Waals surface area contributed by atoms with Gasteiger partial charge in [0.25, 0.3) is 5.91 Å². The van der Waals surface area contributed by atoms with Crippen LogP contribution in [-0.4, -0.2) is 52.9 Å². The zero-order chi connectivity index (χ0) is 17.8. The Morgan fingerprint density at radius 3 is 2.24 bits per heavy atom. The highest BCUT2D eigenvalue weighted by atomic mass is 35.5. The molecule has 0 saturated carbocycles. The molecule has 6 heteroatoms. The second kappa shape index (κ2) is 7.57. The van der Waals surface area contributed by atoms with Gasteiger partial charge in [-0.15, -0.1) is 0 Å². The number of phenolic OH excluding ortho intramolecular Hbond substituents is 1. The van der Waals surface area contributed by atoms with Gasteiger partial charge in [-0.2, -0.15) is 0 Å². The van der Waals surface area contributed by atoms with Gasteiger partial charge in [0.2, 0.25) is 5.91 Å². The summed E-state index contributed by atoms with van der Waals surface area (Å²) in [6, 6.07) is 13.5. The minimum absolute atomic E-state index is 0.0283. The number of hydrogen-bond donors (Lipinski definition) is 1. The van der Waals surface area contributed by atoms with Crippen molar-refractivity contribution in [3.63, 3.8) is 0 Å². The summed E-state index contributed by atoms with van der Waals surface area (Å²) in [5, 5.41) is 9.83. The monoisotopic (exact) mass is 358 g/mol. The second-order valence-electron chi connectivity index (χ2n) is 6.03. The van der Waals surface area contributed by atoms with Crippen molar-refractivity contribution in [2.24, 2.45) is 0 Å². The smallest absolute Gasteiger partial charge is 0.254 e. The van der Waals surface area contributed by atoms with Crippen molar-refractivity contribution in [1.82, 2.24) is 9.80 Å². The first kappa shape index (κ1) is 17.3. The molecule has 1 aliphatic rings. The van der Waals surface area contributed by atoms with Gasteiger partial charge in [0, 0.05) is 36.8 Å². The Morgan fingerprint density at radius 1 is 0.960 bits per heavy atom. The Morgan fingerprint density at radius 2 is 1.60 bits per heavy atom. The molecule has 2 amide bonds. The number of hydrogen-bond acceptors (Lipinski definition) is 3. The molecule has 1 heterocycles. The van der Waals surface area contributed by atoms with E-state index in [-0.39, 0.29) is 17.6 Å². The lowest BCUT2D eigenvalue weighted by atomic mass is 10.1. The maximum absolute atomic E-state index is 12.5. The molecule has 0 bridgehead atoms. The molecule has 3 rings (SSSR count). The number of piperazine rings is 1. The van der Waals surface area contributed by atoms with Crippen LogP contribution in [0.25, 0.3) is 0 Å². The summed E-state index contributed by atoms with van der Waals surface area (Å²) in [7, 11) is 0. The summed E-state index contributed by atoms with van der Waals surface area (Å²) < 4.78 is 0. The first-order chi connectivity index (χ1) is 12.0. The van der Waals surface area contributed by atoms with Crippen LogP contribution in [0.3, 0.4) is 0 Å². The summed E-state index contributed by atoms with van der Waals surface area (Å²) in [6.45, 7) is 2.05. The van der Waals surface area contributed by atoms with E-state index in [0.717, 1.165) is 5.56 Å². The number of benzene rings is 2. The quantitative estimate of drug-likeness (QED) is 0.917. The van der Waals surface area contributed by atoms with E-state index in [1.54, 1.807) is 58.3 Å². The molecule has 0 spiro atoms. The third-order valence-corrected chi connectivity index (χ3v) is 4.52. The zero-order valence-corrected chi connectivity index (χ0v) is 14.4. The normalized spacial score (nSPS) is 14.4. The van der Waals surface area contributed by atoms with E-state index in [1.165, 1.54) is 0 Å². The van der Waals surface area contributed by atoms with Crippen LogP contribution in [0.4, 0.5) is 0 Å². The van der Waals surface area contributed by atoms with Gasteiger partial charge >= 0.3 is 0 Å². The third kappa shape index (κ3) is 4.31. The van der Waals surface area contributed by atoms with Gasteiger partial charge in [-0.05, 0) is 35.9 Å². The molecule has 5 nitrogen and oxygen atoms in total. The van der Waals surface area contributed by atoms with Crippen molar-refractivity contribution in [2.45, 2.75) is 6.42 Å². The minimum Gasteiger partial charge on any atom is -0.508 e. The van der Waals surface area contributed by atoms with Gasteiger partial charge in [0.05, 0.1) is 6.42 Å². The molecule has 1 N–H and O–H groups in total.